The molecule has 6 aromatic rings. The molecule has 0 radical (unpaired) electrons. The van der Waals surface area contributed by atoms with Gasteiger partial charge in [0, 0.05) is 19.8 Å². The van der Waals surface area contributed by atoms with Crippen molar-refractivity contribution in [2.75, 3.05) is 26.7 Å². The Labute approximate surface area is 380 Å². The number of likely N-dealkylation sites (N-methyl/N-ethyl adjacent to an activating group) is 1. The molecule has 64 heavy (non-hydrogen) atoms. The van der Waals surface area contributed by atoms with Gasteiger partial charge < -0.3 is 19.3 Å². The maximum atomic E-state index is 14.4. The van der Waals surface area contributed by atoms with E-state index in [9.17, 15) is 18.3 Å². The highest BCUT2D eigenvalue weighted by atomic mass is 32.2. The van der Waals surface area contributed by atoms with Gasteiger partial charge in [0.2, 0.25) is 10.0 Å². The van der Waals surface area contributed by atoms with E-state index in [0.29, 0.717) is 19.4 Å². The highest BCUT2D eigenvalue weighted by Crippen LogP contribution is 2.42. The Hall–Kier alpha value is -5.20. The van der Waals surface area contributed by atoms with E-state index < -0.39 is 33.7 Å². The summed E-state index contributed by atoms with van der Waals surface area (Å²) >= 11 is 0. The minimum absolute atomic E-state index is 0.0231. The number of carbonyl (C=O) groups is 1. The summed E-state index contributed by atoms with van der Waals surface area (Å²) in [7, 11) is -2.59. The van der Waals surface area contributed by atoms with Crippen LogP contribution in [0.2, 0.25) is 0 Å². The largest absolute Gasteiger partial charge is 0.456 e. The Morgan fingerprint density at radius 1 is 0.859 bits per heavy atom. The van der Waals surface area contributed by atoms with Crippen LogP contribution in [0.1, 0.15) is 106 Å². The molecule has 1 saturated heterocycles. The van der Waals surface area contributed by atoms with Crippen molar-refractivity contribution in [2.45, 2.75) is 108 Å². The second kappa shape index (κ2) is 19.9. The van der Waals surface area contributed by atoms with E-state index in [2.05, 4.69) is 52.3 Å². The lowest BCUT2D eigenvalue weighted by Crippen LogP contribution is -2.44. The van der Waals surface area contributed by atoms with E-state index in [4.69, 9.17) is 4.74 Å². The smallest absolute Gasteiger partial charge is 0.325 e. The standard InChI is InChI=1S/C53H65N5O5S/c1-38(2)35-49(56(7)64(61,62)46-26-20-40(21-27-46)37-58-39(3)55-47-36-54-31-28-48(47)58)51(59)63-50(41-22-24-42(25-23-41)52(4,5)6)19-14-32-57-33-29-45(30-34-57)53(60,43-15-10-8-11-16-43)44-17-12-9-13-18-44/h8-13,15-18,20-28,31,36,38,45,49-50,60H,14,19,29-30,32-35,37H2,1-7H3/t49-,50?/m0/s1. The Balaban J connectivity index is 1.04. The lowest BCUT2D eigenvalue weighted by Gasteiger charge is -2.42. The summed E-state index contributed by atoms with van der Waals surface area (Å²) in [5.41, 5.74) is 5.44. The van der Waals surface area contributed by atoms with Crippen LogP contribution in [0.15, 0.2) is 133 Å². The molecule has 0 spiro atoms. The minimum Gasteiger partial charge on any atom is -0.456 e. The third-order valence-corrected chi connectivity index (χ3v) is 14.9. The molecule has 1 fully saturated rings. The minimum atomic E-state index is -4.07. The summed E-state index contributed by atoms with van der Waals surface area (Å²) in [5.74, 6) is 0.364. The highest BCUT2D eigenvalue weighted by Gasteiger charge is 2.42. The number of fused-ring (bicyclic) bond motifs is 1. The van der Waals surface area contributed by atoms with Gasteiger partial charge in [-0.05, 0) is 122 Å². The molecule has 0 aliphatic carbocycles. The first-order valence-corrected chi connectivity index (χ1v) is 24.2. The molecule has 1 unspecified atom stereocenters. The molecule has 1 aliphatic rings. The van der Waals surface area contributed by atoms with Crippen LogP contribution >= 0.6 is 0 Å². The molecule has 3 heterocycles. The number of aliphatic hydroxyl groups is 1. The molecule has 7 rings (SSSR count). The predicted molar refractivity (Wildman–Crippen MR) is 254 cm³/mol. The van der Waals surface area contributed by atoms with Crippen LogP contribution < -0.4 is 0 Å². The molecular weight excluding hydrogens is 819 g/mol. The number of aromatic nitrogens is 3. The summed E-state index contributed by atoms with van der Waals surface area (Å²) in [6.07, 6.45) is 6.24. The fraction of sp³-hybridized carbons (Fsp3) is 0.415. The summed E-state index contributed by atoms with van der Waals surface area (Å²) in [4.78, 5) is 25.8. The molecule has 1 N–H and O–H groups in total. The van der Waals surface area contributed by atoms with Gasteiger partial charge in [0.15, 0.2) is 0 Å². The molecule has 11 heteroatoms. The van der Waals surface area contributed by atoms with E-state index in [1.165, 1.54) is 16.9 Å². The summed E-state index contributed by atoms with van der Waals surface area (Å²) in [5, 5.41) is 12.4. The first-order chi connectivity index (χ1) is 30.5. The molecule has 0 amide bonds. The molecule has 10 nitrogen and oxygen atoms in total. The third-order valence-electron chi connectivity index (χ3n) is 13.0. The number of aryl methyl sites for hydroxylation is 1. The summed E-state index contributed by atoms with van der Waals surface area (Å²) < 4.78 is 38.3. The maximum absolute atomic E-state index is 14.4. The van der Waals surface area contributed by atoms with Crippen LogP contribution in [0, 0.1) is 18.8 Å². The Morgan fingerprint density at radius 2 is 1.47 bits per heavy atom. The van der Waals surface area contributed by atoms with Crippen LogP contribution in [-0.4, -0.2) is 76.0 Å². The van der Waals surface area contributed by atoms with Gasteiger partial charge in [0.05, 0.1) is 16.6 Å². The van der Waals surface area contributed by atoms with Crippen molar-refractivity contribution in [1.29, 1.82) is 0 Å². The first-order valence-electron chi connectivity index (χ1n) is 22.8. The van der Waals surface area contributed by atoms with Gasteiger partial charge in [0.1, 0.15) is 29.1 Å². The van der Waals surface area contributed by atoms with E-state index in [1.54, 1.807) is 24.5 Å². The fourth-order valence-corrected chi connectivity index (χ4v) is 10.6. The van der Waals surface area contributed by atoms with Gasteiger partial charge >= 0.3 is 5.97 Å². The fourth-order valence-electron chi connectivity index (χ4n) is 9.23. The number of piperidine rings is 1. The molecule has 338 valence electrons. The number of likely N-dealkylation sites (tertiary alicyclic amines) is 1. The zero-order chi connectivity index (χ0) is 45.6. The number of ether oxygens (including phenoxy) is 1. The van der Waals surface area contributed by atoms with Crippen molar-refractivity contribution in [3.63, 3.8) is 0 Å². The van der Waals surface area contributed by atoms with Crippen molar-refractivity contribution in [2.24, 2.45) is 11.8 Å². The number of pyridine rings is 1. The number of imidazole rings is 1. The highest BCUT2D eigenvalue weighted by molar-refractivity contribution is 7.89. The number of sulfonamides is 1. The van der Waals surface area contributed by atoms with E-state index in [1.807, 2.05) is 112 Å². The van der Waals surface area contributed by atoms with Crippen LogP contribution in [-0.2, 0) is 37.1 Å². The van der Waals surface area contributed by atoms with Gasteiger partial charge in [-0.15, -0.1) is 0 Å². The van der Waals surface area contributed by atoms with Crippen molar-refractivity contribution >= 4 is 27.0 Å². The van der Waals surface area contributed by atoms with Crippen LogP contribution in [0.5, 0.6) is 0 Å². The zero-order valence-electron chi connectivity index (χ0n) is 38.5. The van der Waals surface area contributed by atoms with Gasteiger partial charge in [-0.25, -0.2) is 13.4 Å². The monoisotopic (exact) mass is 883 g/mol. The Morgan fingerprint density at radius 3 is 2.05 bits per heavy atom. The van der Waals surface area contributed by atoms with Crippen LogP contribution in [0.3, 0.4) is 0 Å². The van der Waals surface area contributed by atoms with Crippen LogP contribution in [0.4, 0.5) is 0 Å². The molecule has 1 aliphatic heterocycles. The predicted octanol–water partition coefficient (Wildman–Crippen LogP) is 9.83. The normalized spacial score (nSPS) is 15.5. The number of rotatable bonds is 17. The SMILES string of the molecule is Cc1nc2cnccc2n1Cc1ccc(S(=O)(=O)N(C)[C@@H](CC(C)C)C(=O)OC(CCCN2CCC(C(O)(c3ccccc3)c3ccccc3)CC2)c2ccc(C(C)(C)C)cc2)cc1. The number of hydrogen-bond acceptors (Lipinski definition) is 8. The molecule has 0 bridgehead atoms. The average molecular weight is 884 g/mol. The number of nitrogens with zero attached hydrogens (tertiary/aromatic N) is 5. The molecule has 4 aromatic carbocycles. The quantitative estimate of drug-likeness (QED) is 0.0901. The third kappa shape index (κ3) is 10.5. The summed E-state index contributed by atoms with van der Waals surface area (Å²) in [6.45, 7) is 15.4. The van der Waals surface area contributed by atoms with Crippen molar-refractivity contribution in [1.82, 2.24) is 23.7 Å². The Kier molecular flexibility index (Phi) is 14.5. The van der Waals surface area contributed by atoms with Crippen molar-refractivity contribution in [3.05, 3.63) is 161 Å². The van der Waals surface area contributed by atoms with Crippen LogP contribution in [0.25, 0.3) is 11.0 Å². The van der Waals surface area contributed by atoms with Gasteiger partial charge in [-0.1, -0.05) is 132 Å². The van der Waals surface area contributed by atoms with E-state index >= 15 is 0 Å². The molecule has 0 saturated carbocycles. The van der Waals surface area contributed by atoms with Crippen molar-refractivity contribution in [3.8, 4) is 0 Å². The lowest BCUT2D eigenvalue weighted by molar-refractivity contribution is -0.155. The van der Waals surface area contributed by atoms with Gasteiger partial charge in [-0.3, -0.25) is 9.78 Å². The molecule has 2 atom stereocenters. The topological polar surface area (TPSA) is 118 Å². The van der Waals surface area contributed by atoms with E-state index in [-0.39, 0.29) is 22.1 Å². The number of hydrogen-bond donors (Lipinski definition) is 1. The maximum Gasteiger partial charge on any atom is 0.325 e. The molecular formula is C53H65N5O5S. The van der Waals surface area contributed by atoms with Gasteiger partial charge in [0.25, 0.3) is 0 Å². The Bertz CT molecular complexity index is 2520. The number of benzene rings is 4. The van der Waals surface area contributed by atoms with Gasteiger partial charge in [-0.2, -0.15) is 4.31 Å². The first kappa shape index (κ1) is 46.8. The lowest BCUT2D eigenvalue weighted by atomic mass is 9.72. The average Bonchev–Trinajstić information content (AvgIpc) is 3.61. The summed E-state index contributed by atoms with van der Waals surface area (Å²) in [6, 6.07) is 36.1. The van der Waals surface area contributed by atoms with E-state index in [0.717, 1.165) is 78.0 Å². The molecule has 2 aromatic heterocycles. The second-order valence-electron chi connectivity index (χ2n) is 19.0. The second-order valence-corrected chi connectivity index (χ2v) is 21.0. The zero-order valence-corrected chi connectivity index (χ0v) is 39.3. The number of carbonyl (C=O) groups excluding carboxylic acids is 1. The number of esters is 1. The van der Waals surface area contributed by atoms with Crippen molar-refractivity contribution < 1.29 is 23.1 Å².